The van der Waals surface area contributed by atoms with E-state index in [0.29, 0.717) is 19.5 Å². The Morgan fingerprint density at radius 2 is 2.16 bits per heavy atom. The Hall–Kier alpha value is -2.19. The third kappa shape index (κ3) is 3.19. The molecule has 2 aromatic heterocycles. The number of hydrogen-bond donors (Lipinski definition) is 1. The van der Waals surface area contributed by atoms with E-state index in [1.165, 1.54) is 9.18 Å². The van der Waals surface area contributed by atoms with E-state index in [1.807, 2.05) is 24.3 Å². The summed E-state index contributed by atoms with van der Waals surface area (Å²) in [5, 5.41) is 4.36. The summed E-state index contributed by atoms with van der Waals surface area (Å²) in [6.45, 7) is 3.18. The topological polar surface area (TPSA) is 75.2 Å². The van der Waals surface area contributed by atoms with Gasteiger partial charge in [0.2, 0.25) is 10.0 Å². The molecular formula is C17H18N4O2S2. The smallest absolute Gasteiger partial charge is 0.235 e. The Balaban J connectivity index is 1.56. The monoisotopic (exact) mass is 374 g/mol. The zero-order valence-corrected chi connectivity index (χ0v) is 15.4. The highest BCUT2D eigenvalue weighted by Crippen LogP contribution is 2.28. The van der Waals surface area contributed by atoms with Crippen molar-refractivity contribution in [3.8, 4) is 0 Å². The molecule has 3 heterocycles. The van der Waals surface area contributed by atoms with E-state index >= 15 is 0 Å². The van der Waals surface area contributed by atoms with Crippen molar-refractivity contribution in [2.24, 2.45) is 0 Å². The van der Waals surface area contributed by atoms with Crippen molar-refractivity contribution in [2.75, 3.05) is 21.9 Å². The molecule has 0 spiro atoms. The van der Waals surface area contributed by atoms with Gasteiger partial charge in [-0.3, -0.25) is 4.31 Å². The molecule has 1 aliphatic heterocycles. The average Bonchev–Trinajstić information content (AvgIpc) is 3.14. The van der Waals surface area contributed by atoms with Crippen molar-refractivity contribution >= 4 is 43.1 Å². The van der Waals surface area contributed by atoms with Gasteiger partial charge < -0.3 is 5.32 Å². The van der Waals surface area contributed by atoms with Crippen LogP contribution < -0.4 is 9.62 Å². The molecule has 0 amide bonds. The van der Waals surface area contributed by atoms with E-state index in [4.69, 9.17) is 0 Å². The molecule has 0 atom stereocenters. The SMILES string of the molecule is Cc1cc2c(NCc3cccc(N4CCCS4(=O)=O)c3)ncnc2s1. The number of fused-ring (bicyclic) bond motifs is 1. The van der Waals surface area contributed by atoms with Gasteiger partial charge in [0.25, 0.3) is 0 Å². The molecule has 1 saturated heterocycles. The summed E-state index contributed by atoms with van der Waals surface area (Å²) in [5.74, 6) is 1.03. The number of benzene rings is 1. The standard InChI is InChI=1S/C17H18N4O2S2/c1-12-8-15-16(19-11-20-17(15)24-12)18-10-13-4-2-5-14(9-13)21-6-3-7-25(21,22)23/h2,4-5,8-9,11H,3,6-7,10H2,1H3,(H,18,19,20). The van der Waals surface area contributed by atoms with Gasteiger partial charge in [0, 0.05) is 18.0 Å². The minimum atomic E-state index is -3.16. The fraction of sp³-hybridized carbons (Fsp3) is 0.294. The van der Waals surface area contributed by atoms with Gasteiger partial charge in [0.05, 0.1) is 16.8 Å². The molecule has 6 nitrogen and oxygen atoms in total. The summed E-state index contributed by atoms with van der Waals surface area (Å²) < 4.78 is 25.7. The number of anilines is 2. The maximum absolute atomic E-state index is 12.1. The van der Waals surface area contributed by atoms with Crippen LogP contribution in [0.1, 0.15) is 16.9 Å². The maximum atomic E-state index is 12.1. The van der Waals surface area contributed by atoms with Gasteiger partial charge >= 0.3 is 0 Å². The first kappa shape index (κ1) is 16.3. The highest BCUT2D eigenvalue weighted by Gasteiger charge is 2.28. The van der Waals surface area contributed by atoms with Crippen LogP contribution in [0.15, 0.2) is 36.7 Å². The number of rotatable bonds is 4. The number of nitrogens with zero attached hydrogens (tertiary/aromatic N) is 3. The molecule has 1 aromatic carbocycles. The Morgan fingerprint density at radius 1 is 1.28 bits per heavy atom. The summed E-state index contributed by atoms with van der Waals surface area (Å²) >= 11 is 1.64. The van der Waals surface area contributed by atoms with Gasteiger partial charge in [-0.15, -0.1) is 11.3 Å². The quantitative estimate of drug-likeness (QED) is 0.759. The maximum Gasteiger partial charge on any atom is 0.235 e. The van der Waals surface area contributed by atoms with Gasteiger partial charge in [-0.25, -0.2) is 18.4 Å². The van der Waals surface area contributed by atoms with Gasteiger partial charge in [0.1, 0.15) is 17.0 Å². The van der Waals surface area contributed by atoms with Gasteiger partial charge in [-0.2, -0.15) is 0 Å². The number of aromatic nitrogens is 2. The molecule has 0 saturated carbocycles. The third-order valence-electron chi connectivity index (χ3n) is 4.21. The highest BCUT2D eigenvalue weighted by atomic mass is 32.2. The van der Waals surface area contributed by atoms with E-state index in [1.54, 1.807) is 17.7 Å². The summed E-state index contributed by atoms with van der Waals surface area (Å²) in [5.41, 5.74) is 1.74. The van der Waals surface area contributed by atoms with E-state index < -0.39 is 10.0 Å². The molecule has 1 N–H and O–H groups in total. The number of thiophene rings is 1. The molecule has 25 heavy (non-hydrogen) atoms. The van der Waals surface area contributed by atoms with E-state index in [-0.39, 0.29) is 5.75 Å². The van der Waals surface area contributed by atoms with E-state index in [2.05, 4.69) is 28.3 Å². The molecule has 4 rings (SSSR count). The average molecular weight is 374 g/mol. The van der Waals surface area contributed by atoms with Crippen LogP contribution in [0.3, 0.4) is 0 Å². The second-order valence-corrected chi connectivity index (χ2v) is 9.31. The van der Waals surface area contributed by atoms with Crippen molar-refractivity contribution in [1.82, 2.24) is 9.97 Å². The first-order valence-electron chi connectivity index (χ1n) is 8.07. The van der Waals surface area contributed by atoms with Crippen LogP contribution in [-0.4, -0.2) is 30.7 Å². The Labute approximate surface area is 150 Å². The predicted octanol–water partition coefficient (Wildman–Crippen LogP) is 3.15. The Kier molecular flexibility index (Phi) is 4.09. The van der Waals surface area contributed by atoms with Crippen molar-refractivity contribution in [3.63, 3.8) is 0 Å². The predicted molar refractivity (Wildman–Crippen MR) is 102 cm³/mol. The van der Waals surface area contributed by atoms with Gasteiger partial charge in [-0.1, -0.05) is 12.1 Å². The molecule has 1 aliphatic rings. The lowest BCUT2D eigenvalue weighted by Gasteiger charge is -2.17. The molecular weight excluding hydrogens is 356 g/mol. The first-order chi connectivity index (χ1) is 12.0. The zero-order valence-electron chi connectivity index (χ0n) is 13.8. The normalized spacial score (nSPS) is 16.4. The van der Waals surface area contributed by atoms with Gasteiger partial charge in [-0.05, 0) is 37.1 Å². The van der Waals surface area contributed by atoms with E-state index in [9.17, 15) is 8.42 Å². The number of nitrogens with one attached hydrogen (secondary N) is 1. The summed E-state index contributed by atoms with van der Waals surface area (Å²) in [6.07, 6.45) is 2.25. The van der Waals surface area contributed by atoms with Crippen molar-refractivity contribution in [2.45, 2.75) is 19.9 Å². The number of aryl methyl sites for hydroxylation is 1. The number of sulfonamides is 1. The molecule has 0 aliphatic carbocycles. The lowest BCUT2D eigenvalue weighted by molar-refractivity contribution is 0.599. The van der Waals surface area contributed by atoms with Crippen LogP contribution in [-0.2, 0) is 16.6 Å². The highest BCUT2D eigenvalue weighted by molar-refractivity contribution is 7.93. The summed E-state index contributed by atoms with van der Waals surface area (Å²) in [4.78, 5) is 10.8. The van der Waals surface area contributed by atoms with Crippen LogP contribution in [0.25, 0.3) is 10.2 Å². The van der Waals surface area contributed by atoms with Crippen LogP contribution in [0.4, 0.5) is 11.5 Å². The molecule has 1 fully saturated rings. The first-order valence-corrected chi connectivity index (χ1v) is 10.5. The largest absolute Gasteiger partial charge is 0.365 e. The minimum absolute atomic E-state index is 0.228. The van der Waals surface area contributed by atoms with Crippen LogP contribution >= 0.6 is 11.3 Å². The molecule has 3 aromatic rings. The molecule has 8 heteroatoms. The zero-order chi connectivity index (χ0) is 17.4. The minimum Gasteiger partial charge on any atom is -0.365 e. The fourth-order valence-electron chi connectivity index (χ4n) is 3.05. The molecule has 0 radical (unpaired) electrons. The Morgan fingerprint density at radius 3 is 2.96 bits per heavy atom. The molecule has 0 unspecified atom stereocenters. The third-order valence-corrected chi connectivity index (χ3v) is 7.04. The number of hydrogen-bond acceptors (Lipinski definition) is 6. The second-order valence-electron chi connectivity index (χ2n) is 6.06. The molecule has 0 bridgehead atoms. The molecule has 130 valence electrons. The van der Waals surface area contributed by atoms with Crippen LogP contribution in [0.5, 0.6) is 0 Å². The summed E-state index contributed by atoms with van der Waals surface area (Å²) in [7, 11) is -3.16. The second kappa shape index (κ2) is 6.27. The van der Waals surface area contributed by atoms with Crippen molar-refractivity contribution in [1.29, 1.82) is 0 Å². The van der Waals surface area contributed by atoms with Crippen LogP contribution in [0, 0.1) is 6.92 Å². The fourth-order valence-corrected chi connectivity index (χ4v) is 5.46. The van der Waals surface area contributed by atoms with E-state index in [0.717, 1.165) is 27.3 Å². The van der Waals surface area contributed by atoms with Gasteiger partial charge in [0.15, 0.2) is 0 Å². The Bertz CT molecular complexity index is 1030. The summed E-state index contributed by atoms with van der Waals surface area (Å²) in [6, 6.07) is 9.72. The lowest BCUT2D eigenvalue weighted by Crippen LogP contribution is -2.25. The van der Waals surface area contributed by atoms with Crippen molar-refractivity contribution in [3.05, 3.63) is 47.1 Å². The lowest BCUT2D eigenvalue weighted by atomic mass is 10.2. The van der Waals surface area contributed by atoms with Crippen LogP contribution in [0.2, 0.25) is 0 Å². The van der Waals surface area contributed by atoms with Crippen molar-refractivity contribution < 1.29 is 8.42 Å².